The van der Waals surface area contributed by atoms with Crippen molar-refractivity contribution >= 4 is 31.4 Å². The monoisotopic (exact) mass is 696 g/mol. The molecule has 0 bridgehead atoms. The molecule has 2 aromatic rings. The summed E-state index contributed by atoms with van der Waals surface area (Å²) in [6, 6.07) is 6.49. The van der Waals surface area contributed by atoms with Crippen molar-refractivity contribution in [1.82, 2.24) is 25.2 Å². The van der Waals surface area contributed by atoms with Gasteiger partial charge in [-0.1, -0.05) is 56.7 Å². The lowest BCUT2D eigenvalue weighted by Crippen LogP contribution is -2.61. The van der Waals surface area contributed by atoms with Gasteiger partial charge in [0.15, 0.2) is 11.4 Å². The average molecular weight is 697 g/mol. The first-order valence-electron chi connectivity index (χ1n) is 17.6. The number of carbonyl (C=O) groups excluding carboxylic acids is 3. The molecule has 1 aromatic heterocycles. The van der Waals surface area contributed by atoms with E-state index >= 15 is 4.39 Å². The molecule has 0 radical (unpaired) electrons. The Hall–Kier alpha value is -3.78. The number of amides is 1. The maximum atomic E-state index is 16.4. The molecule has 2 aliphatic heterocycles. The minimum absolute atomic E-state index is 0.169. The number of ketones is 1. The molecule has 0 aliphatic carbocycles. The van der Waals surface area contributed by atoms with E-state index in [1.54, 1.807) is 43.5 Å². The fraction of sp³-hybridized carbons (Fsp3) is 0.639. The molecule has 12 nitrogen and oxygen atoms in total. The fourth-order valence-electron chi connectivity index (χ4n) is 7.38. The third-order valence-corrected chi connectivity index (χ3v) is 11.2. The Labute approximate surface area is 296 Å². The number of hydrogen-bond acceptors (Lipinski definition) is 10. The Balaban J connectivity index is 1.60. The van der Waals surface area contributed by atoms with Gasteiger partial charge in [-0.25, -0.2) is 18.7 Å². The van der Waals surface area contributed by atoms with Crippen LogP contribution in [0.3, 0.4) is 0 Å². The van der Waals surface area contributed by atoms with E-state index in [9.17, 15) is 14.4 Å². The molecule has 274 valence electrons. The first-order valence-corrected chi connectivity index (χ1v) is 17.6. The summed E-state index contributed by atoms with van der Waals surface area (Å²) in [5.41, 5.74) is 3.81. The molecule has 3 N–H and O–H groups in total. The van der Waals surface area contributed by atoms with E-state index in [0.29, 0.717) is 30.9 Å². The number of halogens is 1. The highest BCUT2D eigenvalue weighted by Crippen LogP contribution is 2.46. The molecule has 0 saturated carbocycles. The van der Waals surface area contributed by atoms with Crippen molar-refractivity contribution in [3.8, 4) is 11.3 Å². The lowest BCUT2D eigenvalue weighted by atomic mass is 9.53. The predicted molar refractivity (Wildman–Crippen MR) is 192 cm³/mol. The summed E-state index contributed by atoms with van der Waals surface area (Å²) >= 11 is 0. The van der Waals surface area contributed by atoms with E-state index < -0.39 is 52.5 Å². The third-order valence-electron chi connectivity index (χ3n) is 11.2. The molecule has 1 unspecified atom stereocenters. The number of allylic oxidation sites excluding steroid dienone is 1. The summed E-state index contributed by atoms with van der Waals surface area (Å²) in [5, 5.41) is 11.3. The van der Waals surface area contributed by atoms with Gasteiger partial charge >= 0.3 is 12.1 Å². The van der Waals surface area contributed by atoms with Crippen LogP contribution in [-0.4, -0.2) is 101 Å². The highest BCUT2D eigenvalue weighted by Gasteiger charge is 2.59. The van der Waals surface area contributed by atoms with E-state index in [4.69, 9.17) is 19.9 Å². The van der Waals surface area contributed by atoms with Crippen LogP contribution in [0.25, 0.3) is 11.3 Å². The number of benzene rings is 1. The van der Waals surface area contributed by atoms with E-state index in [1.807, 2.05) is 58.2 Å². The second-order valence-electron chi connectivity index (χ2n) is 14.7. The molecule has 9 atom stereocenters. The van der Waals surface area contributed by atoms with Crippen LogP contribution in [0.2, 0.25) is 5.31 Å². The molecular formula is C36H54BFN6O6. The molecular weight excluding hydrogens is 642 g/mol. The van der Waals surface area contributed by atoms with Crippen molar-refractivity contribution in [2.75, 3.05) is 25.9 Å². The molecule has 1 aromatic carbocycles. The topological polar surface area (TPSA) is 151 Å². The van der Waals surface area contributed by atoms with E-state index in [-0.39, 0.29) is 31.0 Å². The molecule has 1 amide bonds. The highest BCUT2D eigenvalue weighted by atomic mass is 19.1. The van der Waals surface area contributed by atoms with Crippen molar-refractivity contribution < 1.29 is 33.0 Å². The van der Waals surface area contributed by atoms with E-state index in [2.05, 4.69) is 22.6 Å². The largest absolute Gasteiger partial charge is 0.455 e. The predicted octanol–water partition coefficient (Wildman–Crippen LogP) is 4.15. The number of fused-ring (bicyclic) bond motifs is 1. The van der Waals surface area contributed by atoms with Gasteiger partial charge in [-0.05, 0) is 70.4 Å². The number of hydrogen-bond donors (Lipinski definition) is 2. The first-order chi connectivity index (χ1) is 23.5. The number of ether oxygens (including phenoxy) is 3. The number of methoxy groups -OCH3 is 1. The number of cyclic esters (lactones) is 1. The van der Waals surface area contributed by atoms with Crippen molar-refractivity contribution in [2.24, 2.45) is 11.8 Å². The number of nitrogens with one attached hydrogen (secondary N) is 1. The summed E-state index contributed by atoms with van der Waals surface area (Å²) in [5.74, 6) is -2.83. The molecule has 2 saturated heterocycles. The summed E-state index contributed by atoms with van der Waals surface area (Å²) in [7, 11) is 3.48. The highest BCUT2D eigenvalue weighted by molar-refractivity contribution is 6.20. The molecule has 14 heteroatoms. The van der Waals surface area contributed by atoms with Crippen LogP contribution in [0.1, 0.15) is 67.7 Å². The number of aromatic nitrogens is 3. The summed E-state index contributed by atoms with van der Waals surface area (Å²) < 4.78 is 35.6. The van der Waals surface area contributed by atoms with Crippen LogP contribution in [0.15, 0.2) is 42.6 Å². The van der Waals surface area contributed by atoms with Gasteiger partial charge in [0.05, 0.1) is 24.9 Å². The molecule has 50 heavy (non-hydrogen) atoms. The molecule has 0 spiro atoms. The average Bonchev–Trinajstić information content (AvgIpc) is 3.66. The van der Waals surface area contributed by atoms with E-state index in [1.165, 1.54) is 0 Å². The van der Waals surface area contributed by atoms with Gasteiger partial charge in [0.25, 0.3) is 5.67 Å². The van der Waals surface area contributed by atoms with Crippen LogP contribution in [0, 0.1) is 11.8 Å². The standard InChI is InChI=1S/C36H54BFN6O6/c1-9-29-35(7)30(44(33(47)50-35)18-11-10-17-43-21-28(41-42-43)26-13-12-14-27(39)19-26)24(4)40-20-22(2)15-16-36(37,25(5)48-8)23(3)31(45)34(6,38)32(46)49-29/h10-14,19,21-25,29-30,40H,9,15-18,20,37,39H2,1-8H3/b11-10+/t22-,23+,24-,25?,29-,30-,34+,35-,36+/m1/s1. The van der Waals surface area contributed by atoms with Gasteiger partial charge in [0.2, 0.25) is 0 Å². The number of carbonyl (C=O) groups is 3. The van der Waals surface area contributed by atoms with Crippen LogP contribution >= 0.6 is 0 Å². The van der Waals surface area contributed by atoms with Crippen molar-refractivity contribution in [3.05, 3.63) is 42.6 Å². The smallest absolute Gasteiger partial charge is 0.411 e. The Bertz CT molecular complexity index is 1550. The Kier molecular flexibility index (Phi) is 12.2. The van der Waals surface area contributed by atoms with Crippen LogP contribution in [0.4, 0.5) is 14.9 Å². The van der Waals surface area contributed by atoms with Crippen LogP contribution in [-0.2, 0) is 30.3 Å². The Morgan fingerprint density at radius 3 is 2.56 bits per heavy atom. The van der Waals surface area contributed by atoms with Gasteiger partial charge in [-0.15, -0.1) is 5.10 Å². The van der Waals surface area contributed by atoms with Gasteiger partial charge in [-0.2, -0.15) is 0 Å². The molecule has 4 rings (SSSR count). The normalized spacial score (nSPS) is 33.7. The number of esters is 1. The minimum Gasteiger partial charge on any atom is -0.455 e. The van der Waals surface area contributed by atoms with Crippen molar-refractivity contribution in [3.63, 3.8) is 0 Å². The first kappa shape index (κ1) is 39.0. The van der Waals surface area contributed by atoms with Gasteiger partial charge < -0.3 is 25.3 Å². The summed E-state index contributed by atoms with van der Waals surface area (Å²) in [6.45, 7) is 13.3. The zero-order valence-electron chi connectivity index (χ0n) is 30.9. The number of nitrogen functional groups attached to an aromatic ring is 1. The SMILES string of the molecule is B[C@@]1(C(C)OC)CC[C@@H](C)CN[C@H](C)[C@H]2N(C/C=C/Cn3cc(-c4cccc(N)c4)nn3)C(=O)O[C@]2(C)[C@@H](CC)OC(=O)[C@@](C)(F)C(=O)[C@@H]1C. The van der Waals surface area contributed by atoms with Crippen molar-refractivity contribution in [2.45, 2.75) is 115 Å². The Morgan fingerprint density at radius 1 is 1.20 bits per heavy atom. The zero-order valence-corrected chi connectivity index (χ0v) is 30.9. The lowest BCUT2D eigenvalue weighted by Gasteiger charge is -2.42. The van der Waals surface area contributed by atoms with Gasteiger partial charge in [0, 0.05) is 36.9 Å². The maximum absolute atomic E-state index is 16.4. The number of alkyl halides is 1. The second kappa shape index (κ2) is 15.6. The number of nitrogens with two attached hydrogens (primary N) is 1. The van der Waals surface area contributed by atoms with E-state index in [0.717, 1.165) is 18.9 Å². The second-order valence-corrected chi connectivity index (χ2v) is 14.7. The number of rotatable bonds is 8. The third kappa shape index (κ3) is 7.91. The van der Waals surface area contributed by atoms with Crippen LogP contribution in [0.5, 0.6) is 0 Å². The quantitative estimate of drug-likeness (QED) is 0.136. The minimum atomic E-state index is -2.93. The number of Topliss-reactive ketones (excluding diaryl/α,β-unsaturated/α-hetero) is 1. The zero-order chi connectivity index (χ0) is 37.0. The molecule has 2 aliphatic rings. The van der Waals surface area contributed by atoms with Gasteiger partial charge in [-0.3, -0.25) is 9.69 Å². The molecule has 2 fully saturated rings. The Morgan fingerprint density at radius 2 is 1.90 bits per heavy atom. The lowest BCUT2D eigenvalue weighted by molar-refractivity contribution is -0.179. The fourth-order valence-corrected chi connectivity index (χ4v) is 7.38. The maximum Gasteiger partial charge on any atom is 0.411 e. The molecule has 3 heterocycles. The number of nitrogens with zero attached hydrogens (tertiary/aromatic N) is 4. The number of anilines is 1. The van der Waals surface area contributed by atoms with Crippen LogP contribution < -0.4 is 11.1 Å². The summed E-state index contributed by atoms with van der Waals surface area (Å²) in [6.07, 6.45) is 5.07. The van der Waals surface area contributed by atoms with Crippen molar-refractivity contribution in [1.29, 1.82) is 0 Å². The summed E-state index contributed by atoms with van der Waals surface area (Å²) in [4.78, 5) is 42.5. The van der Waals surface area contributed by atoms with Gasteiger partial charge in [0.1, 0.15) is 19.6 Å².